The third-order valence-electron chi connectivity index (χ3n) is 1.74. The van der Waals surface area contributed by atoms with Crippen molar-refractivity contribution in [3.05, 3.63) is 17.8 Å². The number of methoxy groups -OCH3 is 1. The number of hydrogen-bond donors (Lipinski definition) is 0. The van der Waals surface area contributed by atoms with Gasteiger partial charge in [-0.3, -0.25) is 4.79 Å². The zero-order valence-electron chi connectivity index (χ0n) is 9.40. The molecule has 1 rings (SSSR count). The number of ether oxygens (including phenoxy) is 2. The molecule has 0 amide bonds. The summed E-state index contributed by atoms with van der Waals surface area (Å²) in [5.74, 6) is 0.804. The van der Waals surface area contributed by atoms with Gasteiger partial charge >= 0.3 is 0 Å². The van der Waals surface area contributed by atoms with Gasteiger partial charge in [-0.1, -0.05) is 0 Å². The first-order valence-corrected chi connectivity index (χ1v) is 4.77. The second-order valence-electron chi connectivity index (χ2n) is 3.43. The molecule has 0 bridgehead atoms. The molecule has 0 N–H and O–H groups in total. The standard InChI is InChI=1S/C11H15NO3/c1-7(2)15-10-6-5-9(8(3)13)12-11(10)14-4/h5-7H,1-4H3. The van der Waals surface area contributed by atoms with Gasteiger partial charge in [0.2, 0.25) is 0 Å². The quantitative estimate of drug-likeness (QED) is 0.712. The number of carbonyl (C=O) groups is 1. The predicted octanol–water partition coefficient (Wildman–Crippen LogP) is 2.08. The molecule has 0 radical (unpaired) electrons. The Bertz CT molecular complexity index is 361. The molecular weight excluding hydrogens is 194 g/mol. The van der Waals surface area contributed by atoms with Gasteiger partial charge in [0, 0.05) is 6.92 Å². The first-order valence-electron chi connectivity index (χ1n) is 4.77. The molecule has 1 aromatic rings. The topological polar surface area (TPSA) is 48.4 Å². The highest BCUT2D eigenvalue weighted by Crippen LogP contribution is 2.25. The van der Waals surface area contributed by atoms with Crippen LogP contribution in [0.25, 0.3) is 0 Å². The first-order chi connectivity index (χ1) is 7.04. The average Bonchev–Trinajstić information content (AvgIpc) is 2.17. The molecular formula is C11H15NO3. The highest BCUT2D eigenvalue weighted by atomic mass is 16.5. The van der Waals surface area contributed by atoms with Gasteiger partial charge < -0.3 is 9.47 Å². The molecule has 0 aliphatic carbocycles. The van der Waals surface area contributed by atoms with Crippen LogP contribution in [-0.2, 0) is 0 Å². The smallest absolute Gasteiger partial charge is 0.257 e. The van der Waals surface area contributed by atoms with Crippen molar-refractivity contribution in [2.24, 2.45) is 0 Å². The second kappa shape index (κ2) is 4.77. The fourth-order valence-corrected chi connectivity index (χ4v) is 1.11. The van der Waals surface area contributed by atoms with E-state index in [4.69, 9.17) is 9.47 Å². The lowest BCUT2D eigenvalue weighted by molar-refractivity contribution is 0.101. The molecule has 1 heterocycles. The Morgan fingerprint density at radius 2 is 2.07 bits per heavy atom. The third kappa shape index (κ3) is 2.94. The summed E-state index contributed by atoms with van der Waals surface area (Å²) in [7, 11) is 1.50. The second-order valence-corrected chi connectivity index (χ2v) is 3.43. The Balaban J connectivity index is 3.03. The van der Waals surface area contributed by atoms with E-state index in [1.807, 2.05) is 13.8 Å². The van der Waals surface area contributed by atoms with Crippen molar-refractivity contribution < 1.29 is 14.3 Å². The number of pyridine rings is 1. The van der Waals surface area contributed by atoms with E-state index in [9.17, 15) is 4.79 Å². The summed E-state index contributed by atoms with van der Waals surface area (Å²) in [6.45, 7) is 5.29. The van der Waals surface area contributed by atoms with E-state index in [0.717, 1.165) is 0 Å². The van der Waals surface area contributed by atoms with Crippen molar-refractivity contribution in [2.45, 2.75) is 26.9 Å². The van der Waals surface area contributed by atoms with Crippen molar-refractivity contribution in [3.63, 3.8) is 0 Å². The molecule has 0 spiro atoms. The summed E-state index contributed by atoms with van der Waals surface area (Å²) in [6.07, 6.45) is 0.0453. The minimum Gasteiger partial charge on any atom is -0.485 e. The summed E-state index contributed by atoms with van der Waals surface area (Å²) in [4.78, 5) is 15.1. The molecule has 1 aromatic heterocycles. The Hall–Kier alpha value is -1.58. The molecule has 0 fully saturated rings. The SMILES string of the molecule is COc1nc(C(C)=O)ccc1OC(C)C. The average molecular weight is 209 g/mol. The van der Waals surface area contributed by atoms with Gasteiger partial charge in [-0.15, -0.1) is 0 Å². The minimum atomic E-state index is -0.0932. The van der Waals surface area contributed by atoms with E-state index in [0.29, 0.717) is 17.3 Å². The van der Waals surface area contributed by atoms with Gasteiger partial charge in [0.25, 0.3) is 5.88 Å². The van der Waals surface area contributed by atoms with Crippen LogP contribution in [-0.4, -0.2) is 24.0 Å². The normalized spacial score (nSPS) is 10.2. The minimum absolute atomic E-state index is 0.0453. The molecule has 0 atom stereocenters. The van der Waals surface area contributed by atoms with Gasteiger partial charge in [0.15, 0.2) is 11.5 Å². The zero-order valence-corrected chi connectivity index (χ0v) is 9.40. The van der Waals surface area contributed by atoms with Crippen molar-refractivity contribution in [2.75, 3.05) is 7.11 Å². The Kier molecular flexibility index (Phi) is 3.66. The molecule has 0 aromatic carbocycles. The number of nitrogens with zero attached hydrogens (tertiary/aromatic N) is 1. The van der Waals surface area contributed by atoms with Crippen LogP contribution in [0, 0.1) is 0 Å². The highest BCUT2D eigenvalue weighted by Gasteiger charge is 2.10. The summed E-state index contributed by atoms with van der Waals surface area (Å²) >= 11 is 0. The van der Waals surface area contributed by atoms with Gasteiger partial charge in [0.1, 0.15) is 5.69 Å². The van der Waals surface area contributed by atoms with Gasteiger partial charge in [0.05, 0.1) is 13.2 Å². The van der Waals surface area contributed by atoms with E-state index in [2.05, 4.69) is 4.98 Å². The van der Waals surface area contributed by atoms with E-state index >= 15 is 0 Å². The molecule has 15 heavy (non-hydrogen) atoms. The Morgan fingerprint density at radius 1 is 1.40 bits per heavy atom. The summed E-state index contributed by atoms with van der Waals surface area (Å²) in [5, 5.41) is 0. The largest absolute Gasteiger partial charge is 0.485 e. The van der Waals surface area contributed by atoms with Crippen LogP contribution >= 0.6 is 0 Å². The molecule has 82 valence electrons. The maximum atomic E-state index is 11.1. The van der Waals surface area contributed by atoms with Gasteiger partial charge in [-0.05, 0) is 26.0 Å². The lowest BCUT2D eigenvalue weighted by Gasteiger charge is -2.12. The van der Waals surface area contributed by atoms with Gasteiger partial charge in [-0.2, -0.15) is 0 Å². The summed E-state index contributed by atoms with van der Waals surface area (Å²) < 4.78 is 10.5. The van der Waals surface area contributed by atoms with Crippen LogP contribution in [0.3, 0.4) is 0 Å². The van der Waals surface area contributed by atoms with Crippen LogP contribution in [0.5, 0.6) is 11.6 Å². The van der Waals surface area contributed by atoms with E-state index in [1.54, 1.807) is 12.1 Å². The predicted molar refractivity (Wildman–Crippen MR) is 56.6 cm³/mol. The Labute approximate surface area is 89.2 Å². The lowest BCUT2D eigenvalue weighted by atomic mass is 10.2. The van der Waals surface area contributed by atoms with Crippen LogP contribution in [0.15, 0.2) is 12.1 Å². The number of hydrogen-bond acceptors (Lipinski definition) is 4. The molecule has 0 unspecified atom stereocenters. The maximum absolute atomic E-state index is 11.1. The van der Waals surface area contributed by atoms with Crippen molar-refractivity contribution in [1.82, 2.24) is 4.98 Å². The molecule has 4 heteroatoms. The number of ketones is 1. The summed E-state index contributed by atoms with van der Waals surface area (Å²) in [6, 6.07) is 3.32. The number of carbonyl (C=O) groups excluding carboxylic acids is 1. The number of rotatable bonds is 4. The van der Waals surface area contributed by atoms with Crippen LogP contribution in [0.4, 0.5) is 0 Å². The van der Waals surface area contributed by atoms with Gasteiger partial charge in [-0.25, -0.2) is 4.98 Å². The highest BCUT2D eigenvalue weighted by molar-refractivity contribution is 5.92. The molecule has 0 aliphatic heterocycles. The molecule has 4 nitrogen and oxygen atoms in total. The number of aromatic nitrogens is 1. The van der Waals surface area contributed by atoms with E-state index in [1.165, 1.54) is 14.0 Å². The Morgan fingerprint density at radius 3 is 2.53 bits per heavy atom. The number of Topliss-reactive ketones (excluding diaryl/α,β-unsaturated/α-hetero) is 1. The van der Waals surface area contributed by atoms with Crippen LogP contribution in [0.2, 0.25) is 0 Å². The van der Waals surface area contributed by atoms with Crippen LogP contribution in [0.1, 0.15) is 31.3 Å². The fourth-order valence-electron chi connectivity index (χ4n) is 1.11. The molecule has 0 saturated heterocycles. The van der Waals surface area contributed by atoms with Crippen molar-refractivity contribution in [1.29, 1.82) is 0 Å². The maximum Gasteiger partial charge on any atom is 0.257 e. The lowest BCUT2D eigenvalue weighted by Crippen LogP contribution is -2.08. The van der Waals surface area contributed by atoms with E-state index < -0.39 is 0 Å². The van der Waals surface area contributed by atoms with Crippen molar-refractivity contribution >= 4 is 5.78 Å². The third-order valence-corrected chi connectivity index (χ3v) is 1.74. The van der Waals surface area contributed by atoms with E-state index in [-0.39, 0.29) is 11.9 Å². The van der Waals surface area contributed by atoms with Crippen LogP contribution < -0.4 is 9.47 Å². The fraction of sp³-hybridized carbons (Fsp3) is 0.455. The zero-order chi connectivity index (χ0) is 11.4. The molecule has 0 aliphatic rings. The monoisotopic (exact) mass is 209 g/mol. The summed E-state index contributed by atoms with van der Waals surface area (Å²) in [5.41, 5.74) is 0.378. The van der Waals surface area contributed by atoms with Crippen molar-refractivity contribution in [3.8, 4) is 11.6 Å². The molecule has 0 saturated carbocycles. The first kappa shape index (κ1) is 11.5.